The fourth-order valence-corrected chi connectivity index (χ4v) is 4.52. The third kappa shape index (κ3) is 5.65. The number of carbonyl (C=O) groups excluding carboxylic acids is 2. The summed E-state index contributed by atoms with van der Waals surface area (Å²) < 4.78 is 1.99. The molecule has 0 bridgehead atoms. The molecule has 0 aliphatic carbocycles. The lowest BCUT2D eigenvalue weighted by atomic mass is 9.97. The fraction of sp³-hybridized carbons (Fsp3) is 0.370. The van der Waals surface area contributed by atoms with Crippen molar-refractivity contribution in [3.05, 3.63) is 82.7 Å². The summed E-state index contributed by atoms with van der Waals surface area (Å²) in [5.41, 5.74) is 6.09. The Kier molecular flexibility index (Phi) is 7.30. The summed E-state index contributed by atoms with van der Waals surface area (Å²) in [6.07, 6.45) is 1.59. The maximum atomic E-state index is 13.0. The van der Waals surface area contributed by atoms with Crippen molar-refractivity contribution in [2.24, 2.45) is 5.92 Å². The van der Waals surface area contributed by atoms with Crippen molar-refractivity contribution in [3.63, 3.8) is 0 Å². The summed E-state index contributed by atoms with van der Waals surface area (Å²) in [5.74, 6) is -0.223. The number of nitrogens with zero attached hydrogens (tertiary/aromatic N) is 3. The second kappa shape index (κ2) is 10.5. The van der Waals surface area contributed by atoms with Crippen molar-refractivity contribution in [2.45, 2.75) is 46.7 Å². The number of piperidine rings is 1. The summed E-state index contributed by atoms with van der Waals surface area (Å²) >= 11 is 0. The molecule has 7 heteroatoms. The van der Waals surface area contributed by atoms with Crippen LogP contribution < -0.4 is 10.6 Å². The molecule has 1 atom stereocenters. The minimum atomic E-state index is -0.211. The van der Waals surface area contributed by atoms with Gasteiger partial charge >= 0.3 is 6.03 Å². The van der Waals surface area contributed by atoms with Crippen LogP contribution in [0.1, 0.15) is 40.9 Å². The normalized spacial score (nSPS) is 15.7. The van der Waals surface area contributed by atoms with Crippen LogP contribution in [-0.2, 0) is 17.9 Å². The molecule has 0 spiro atoms. The number of rotatable bonds is 6. The van der Waals surface area contributed by atoms with E-state index in [1.165, 1.54) is 5.56 Å². The maximum Gasteiger partial charge on any atom is 0.321 e. The van der Waals surface area contributed by atoms with Gasteiger partial charge in [0, 0.05) is 36.6 Å². The second-order valence-electron chi connectivity index (χ2n) is 9.10. The Hall–Kier alpha value is -3.61. The summed E-state index contributed by atoms with van der Waals surface area (Å²) in [7, 11) is 0. The first kappa shape index (κ1) is 23.5. The van der Waals surface area contributed by atoms with Gasteiger partial charge in [-0.2, -0.15) is 5.10 Å². The summed E-state index contributed by atoms with van der Waals surface area (Å²) in [4.78, 5) is 27.4. The van der Waals surface area contributed by atoms with Crippen molar-refractivity contribution in [1.82, 2.24) is 20.0 Å². The lowest BCUT2D eigenvalue weighted by molar-refractivity contribution is -0.126. The molecule has 2 N–H and O–H groups in total. The highest BCUT2D eigenvalue weighted by Gasteiger charge is 2.28. The van der Waals surface area contributed by atoms with Crippen molar-refractivity contribution < 1.29 is 9.59 Å². The number of amides is 3. The topological polar surface area (TPSA) is 79.3 Å². The maximum absolute atomic E-state index is 13.0. The van der Waals surface area contributed by atoms with Gasteiger partial charge in [-0.3, -0.25) is 9.48 Å². The number of urea groups is 1. The number of hydrogen-bond donors (Lipinski definition) is 2. The van der Waals surface area contributed by atoms with E-state index in [1.807, 2.05) is 67.9 Å². The molecule has 0 radical (unpaired) electrons. The second-order valence-corrected chi connectivity index (χ2v) is 9.10. The summed E-state index contributed by atoms with van der Waals surface area (Å²) in [6.45, 7) is 8.25. The van der Waals surface area contributed by atoms with Crippen LogP contribution in [0, 0.1) is 26.7 Å². The molecular weight excluding hydrogens is 426 g/mol. The summed E-state index contributed by atoms with van der Waals surface area (Å²) in [5, 5.41) is 10.7. The lowest BCUT2D eigenvalue weighted by Crippen LogP contribution is -2.46. The SMILES string of the molecule is Cc1cccc(NC(=O)N2CCCC(C(=O)NCc3c(C)nn(Cc4ccccc4)c3C)C2)c1. The Morgan fingerprint density at radius 2 is 1.85 bits per heavy atom. The Labute approximate surface area is 201 Å². The van der Waals surface area contributed by atoms with Crippen LogP contribution in [0.15, 0.2) is 54.6 Å². The zero-order valence-electron chi connectivity index (χ0n) is 20.2. The minimum Gasteiger partial charge on any atom is -0.352 e. The van der Waals surface area contributed by atoms with Gasteiger partial charge < -0.3 is 15.5 Å². The highest BCUT2D eigenvalue weighted by Crippen LogP contribution is 2.20. The number of benzene rings is 2. The van der Waals surface area contributed by atoms with Gasteiger partial charge in [0.25, 0.3) is 0 Å². The first-order valence-electron chi connectivity index (χ1n) is 11.9. The first-order valence-corrected chi connectivity index (χ1v) is 11.9. The summed E-state index contributed by atoms with van der Waals surface area (Å²) in [6, 6.07) is 17.8. The molecule has 2 aromatic carbocycles. The van der Waals surface area contributed by atoms with E-state index in [0.717, 1.165) is 41.0 Å². The van der Waals surface area contributed by atoms with Gasteiger partial charge in [-0.15, -0.1) is 0 Å². The molecule has 1 aliphatic heterocycles. The van der Waals surface area contributed by atoms with Crippen molar-refractivity contribution in [1.29, 1.82) is 0 Å². The van der Waals surface area contributed by atoms with Crippen molar-refractivity contribution in [3.8, 4) is 0 Å². The molecule has 1 aromatic heterocycles. The highest BCUT2D eigenvalue weighted by molar-refractivity contribution is 5.90. The van der Waals surface area contributed by atoms with E-state index in [-0.39, 0.29) is 17.9 Å². The van der Waals surface area contributed by atoms with Crippen molar-refractivity contribution >= 4 is 17.6 Å². The first-order chi connectivity index (χ1) is 16.4. The molecular formula is C27H33N5O2. The smallest absolute Gasteiger partial charge is 0.321 e. The molecule has 3 aromatic rings. The van der Waals surface area contributed by atoms with E-state index in [1.54, 1.807) is 4.90 Å². The zero-order chi connectivity index (χ0) is 24.1. The Morgan fingerprint density at radius 1 is 1.06 bits per heavy atom. The van der Waals surface area contributed by atoms with Crippen LogP contribution in [0.3, 0.4) is 0 Å². The van der Waals surface area contributed by atoms with E-state index in [9.17, 15) is 9.59 Å². The molecule has 4 rings (SSSR count). The fourth-order valence-electron chi connectivity index (χ4n) is 4.52. The number of anilines is 1. The Balaban J connectivity index is 1.33. The van der Waals surface area contributed by atoms with Gasteiger partial charge in [0.2, 0.25) is 5.91 Å². The molecule has 178 valence electrons. The zero-order valence-corrected chi connectivity index (χ0v) is 20.2. The van der Waals surface area contributed by atoms with Crippen LogP contribution >= 0.6 is 0 Å². The van der Waals surface area contributed by atoms with E-state index >= 15 is 0 Å². The molecule has 1 saturated heterocycles. The predicted octanol–water partition coefficient (Wildman–Crippen LogP) is 4.42. The van der Waals surface area contributed by atoms with E-state index in [4.69, 9.17) is 0 Å². The molecule has 7 nitrogen and oxygen atoms in total. The monoisotopic (exact) mass is 459 g/mol. The molecule has 1 aliphatic rings. The largest absolute Gasteiger partial charge is 0.352 e. The van der Waals surface area contributed by atoms with Crippen LogP contribution in [-0.4, -0.2) is 39.7 Å². The lowest BCUT2D eigenvalue weighted by Gasteiger charge is -2.32. The van der Waals surface area contributed by atoms with Gasteiger partial charge in [0.05, 0.1) is 18.2 Å². The van der Waals surface area contributed by atoms with Gasteiger partial charge in [0.15, 0.2) is 0 Å². The number of carbonyl (C=O) groups is 2. The quantitative estimate of drug-likeness (QED) is 0.573. The van der Waals surface area contributed by atoms with Crippen LogP contribution in [0.4, 0.5) is 10.5 Å². The highest BCUT2D eigenvalue weighted by atomic mass is 16.2. The Morgan fingerprint density at radius 3 is 2.62 bits per heavy atom. The van der Waals surface area contributed by atoms with Crippen LogP contribution in [0.2, 0.25) is 0 Å². The number of aryl methyl sites for hydroxylation is 2. The minimum absolute atomic E-state index is 0.0114. The average molecular weight is 460 g/mol. The van der Waals surface area contributed by atoms with E-state index in [2.05, 4.69) is 27.9 Å². The Bertz CT molecular complexity index is 1160. The standard InChI is InChI=1S/C27H33N5O2/c1-19-9-7-13-24(15-19)29-27(34)31-14-8-12-23(18-31)26(33)28-16-25-20(2)30-32(21(25)3)17-22-10-5-4-6-11-22/h4-7,9-11,13,15,23H,8,12,14,16-18H2,1-3H3,(H,28,33)(H,29,34). The molecule has 3 amide bonds. The molecule has 1 fully saturated rings. The number of nitrogens with one attached hydrogen (secondary N) is 2. The molecule has 0 saturated carbocycles. The van der Waals surface area contributed by atoms with Gasteiger partial charge in [0.1, 0.15) is 0 Å². The van der Waals surface area contributed by atoms with Crippen LogP contribution in [0.5, 0.6) is 0 Å². The van der Waals surface area contributed by atoms with Crippen molar-refractivity contribution in [2.75, 3.05) is 18.4 Å². The third-order valence-electron chi connectivity index (χ3n) is 6.49. The van der Waals surface area contributed by atoms with Gasteiger partial charge in [-0.25, -0.2) is 4.79 Å². The molecule has 2 heterocycles. The van der Waals surface area contributed by atoms with Gasteiger partial charge in [-0.1, -0.05) is 42.5 Å². The van der Waals surface area contributed by atoms with E-state index < -0.39 is 0 Å². The van der Waals surface area contributed by atoms with E-state index in [0.29, 0.717) is 26.2 Å². The number of likely N-dealkylation sites (tertiary alicyclic amines) is 1. The predicted molar refractivity (Wildman–Crippen MR) is 134 cm³/mol. The average Bonchev–Trinajstić information content (AvgIpc) is 3.10. The molecule has 1 unspecified atom stereocenters. The van der Waals surface area contributed by atoms with Crippen LogP contribution in [0.25, 0.3) is 0 Å². The van der Waals surface area contributed by atoms with Gasteiger partial charge in [-0.05, 0) is 56.9 Å². The number of aromatic nitrogens is 2. The molecule has 34 heavy (non-hydrogen) atoms. The number of hydrogen-bond acceptors (Lipinski definition) is 3. The third-order valence-corrected chi connectivity index (χ3v) is 6.49.